The van der Waals surface area contributed by atoms with E-state index in [-0.39, 0.29) is 40.6 Å². The van der Waals surface area contributed by atoms with Gasteiger partial charge in [-0.05, 0) is 56.2 Å². The lowest BCUT2D eigenvalue weighted by Gasteiger charge is -2.14. The van der Waals surface area contributed by atoms with Crippen LogP contribution < -0.4 is 9.47 Å². The zero-order valence-electron chi connectivity index (χ0n) is 19.2. The lowest BCUT2D eigenvalue weighted by atomic mass is 10.0. The van der Waals surface area contributed by atoms with Gasteiger partial charge in [-0.15, -0.1) is 6.42 Å². The minimum absolute atomic E-state index is 0.00351. The summed E-state index contributed by atoms with van der Waals surface area (Å²) in [5.74, 6) is 0.497. The van der Waals surface area contributed by atoms with Crippen molar-refractivity contribution in [2.45, 2.75) is 20.8 Å². The normalized spacial score (nSPS) is 11.1. The predicted molar refractivity (Wildman–Crippen MR) is 125 cm³/mol. The molecule has 1 aromatic carbocycles. The fraction of sp³-hybridized carbons (Fsp3) is 0.192. The molecule has 0 saturated heterocycles. The largest absolute Gasteiger partial charge is 0.425 e. The summed E-state index contributed by atoms with van der Waals surface area (Å²) in [5, 5.41) is 0. The van der Waals surface area contributed by atoms with Crippen molar-refractivity contribution in [3.8, 4) is 23.8 Å². The van der Waals surface area contributed by atoms with Gasteiger partial charge in [0.25, 0.3) is 0 Å². The molecule has 0 saturated carbocycles. The Kier molecular flexibility index (Phi) is 10.3. The molecule has 7 heteroatoms. The van der Waals surface area contributed by atoms with E-state index in [9.17, 15) is 14.4 Å². The van der Waals surface area contributed by atoms with Gasteiger partial charge in [-0.3, -0.25) is 0 Å². The highest BCUT2D eigenvalue weighted by atomic mass is 16.6. The van der Waals surface area contributed by atoms with Crippen LogP contribution in [0.1, 0.15) is 26.3 Å². The number of carbonyl (C=O) groups is 3. The molecule has 0 aliphatic heterocycles. The quantitative estimate of drug-likeness (QED) is 0.131. The smallest absolute Gasteiger partial charge is 0.338 e. The highest BCUT2D eigenvalue weighted by molar-refractivity contribution is 5.92. The number of benzene rings is 1. The molecule has 7 nitrogen and oxygen atoms in total. The standard InChI is InChI=1S/C26H26O7/c1-9-10-19(13-21(15-30-8)31-24(27)16(2)3)20-11-12-22(32-25(28)17(4)5)23(14-20)33-26(29)18(6)7/h1,10-14H,2,4,6,15H2,3,5,7-8H3/b19-10+,21-13+. The summed E-state index contributed by atoms with van der Waals surface area (Å²) in [6.07, 6.45) is 8.39. The third-order valence-electron chi connectivity index (χ3n) is 3.79. The summed E-state index contributed by atoms with van der Waals surface area (Å²) < 4.78 is 21.0. The number of allylic oxidation sites excluding steroid dienone is 3. The maximum atomic E-state index is 12.1. The van der Waals surface area contributed by atoms with Crippen LogP contribution in [0.2, 0.25) is 0 Å². The van der Waals surface area contributed by atoms with E-state index in [1.807, 2.05) is 0 Å². The van der Waals surface area contributed by atoms with E-state index in [0.717, 1.165) is 0 Å². The number of rotatable bonds is 10. The SMILES string of the molecule is C#C/C=C(\C=C(/COC)OC(=O)C(=C)C)c1ccc(OC(=O)C(=C)C)c(OC(=O)C(=C)C)c1. The second-order valence-corrected chi connectivity index (χ2v) is 6.98. The summed E-state index contributed by atoms with van der Waals surface area (Å²) in [5.41, 5.74) is 1.43. The first-order valence-electron chi connectivity index (χ1n) is 9.63. The Labute approximate surface area is 193 Å². The summed E-state index contributed by atoms with van der Waals surface area (Å²) in [6.45, 7) is 15.1. The number of hydrogen-bond acceptors (Lipinski definition) is 7. The van der Waals surface area contributed by atoms with Crippen molar-refractivity contribution >= 4 is 23.5 Å². The Morgan fingerprint density at radius 1 is 0.939 bits per heavy atom. The van der Waals surface area contributed by atoms with Crippen LogP contribution in [0.3, 0.4) is 0 Å². The molecular formula is C26H26O7. The number of terminal acetylenes is 1. The van der Waals surface area contributed by atoms with Crippen LogP contribution in [0.15, 0.2) is 72.6 Å². The van der Waals surface area contributed by atoms with Crippen LogP contribution in [0.5, 0.6) is 11.5 Å². The van der Waals surface area contributed by atoms with Gasteiger partial charge in [0.1, 0.15) is 12.4 Å². The van der Waals surface area contributed by atoms with Gasteiger partial charge in [-0.2, -0.15) is 0 Å². The van der Waals surface area contributed by atoms with Gasteiger partial charge in [0.05, 0.1) is 0 Å². The second-order valence-electron chi connectivity index (χ2n) is 6.98. The zero-order chi connectivity index (χ0) is 25.1. The molecule has 0 fully saturated rings. The minimum Gasteiger partial charge on any atom is -0.425 e. The Morgan fingerprint density at radius 3 is 1.97 bits per heavy atom. The minimum atomic E-state index is -0.715. The van der Waals surface area contributed by atoms with Crippen molar-refractivity contribution in [3.05, 3.63) is 78.1 Å². The molecule has 0 aliphatic rings. The summed E-state index contributed by atoms with van der Waals surface area (Å²) in [6, 6.07) is 4.47. The molecule has 0 unspecified atom stereocenters. The average Bonchev–Trinajstić information content (AvgIpc) is 2.74. The van der Waals surface area contributed by atoms with Gasteiger partial charge < -0.3 is 18.9 Å². The maximum Gasteiger partial charge on any atom is 0.338 e. The number of methoxy groups -OCH3 is 1. The summed E-state index contributed by atoms with van der Waals surface area (Å²) >= 11 is 0. The molecule has 0 spiro atoms. The Bertz CT molecular complexity index is 1090. The fourth-order valence-electron chi connectivity index (χ4n) is 2.15. The summed E-state index contributed by atoms with van der Waals surface area (Å²) in [4.78, 5) is 36.0. The molecule has 0 atom stereocenters. The van der Waals surface area contributed by atoms with Crippen molar-refractivity contribution < 1.29 is 33.3 Å². The van der Waals surface area contributed by atoms with Crippen molar-refractivity contribution in [2.24, 2.45) is 0 Å². The molecule has 0 aromatic heterocycles. The Hall–Kier alpha value is -4.15. The lowest BCUT2D eigenvalue weighted by molar-refractivity contribution is -0.135. The maximum absolute atomic E-state index is 12.1. The first-order chi connectivity index (χ1) is 15.5. The molecule has 1 aromatic rings. The molecule has 0 aliphatic carbocycles. The molecule has 0 bridgehead atoms. The first kappa shape index (κ1) is 26.9. The number of carbonyl (C=O) groups excluding carboxylic acids is 3. The zero-order valence-corrected chi connectivity index (χ0v) is 19.2. The highest BCUT2D eigenvalue weighted by Gasteiger charge is 2.17. The molecule has 0 heterocycles. The monoisotopic (exact) mass is 450 g/mol. The Morgan fingerprint density at radius 2 is 1.48 bits per heavy atom. The van der Waals surface area contributed by atoms with Crippen LogP contribution in [0.4, 0.5) is 0 Å². The van der Waals surface area contributed by atoms with E-state index in [1.165, 1.54) is 52.2 Å². The van der Waals surface area contributed by atoms with Crippen molar-refractivity contribution in [1.82, 2.24) is 0 Å². The predicted octanol–water partition coefficient (Wildman–Crippen LogP) is 4.32. The van der Waals surface area contributed by atoms with Gasteiger partial charge in [0.2, 0.25) is 0 Å². The molecule has 172 valence electrons. The van der Waals surface area contributed by atoms with Crippen LogP contribution in [0, 0.1) is 12.3 Å². The van der Waals surface area contributed by atoms with Crippen LogP contribution >= 0.6 is 0 Å². The Balaban J connectivity index is 3.53. The van der Waals surface area contributed by atoms with Crippen molar-refractivity contribution in [1.29, 1.82) is 0 Å². The number of esters is 3. The third kappa shape index (κ3) is 8.48. The van der Waals surface area contributed by atoms with Crippen molar-refractivity contribution in [3.63, 3.8) is 0 Å². The number of hydrogen-bond donors (Lipinski definition) is 0. The van der Waals surface area contributed by atoms with E-state index >= 15 is 0 Å². The van der Waals surface area contributed by atoms with Crippen molar-refractivity contribution in [2.75, 3.05) is 13.7 Å². The van der Waals surface area contributed by atoms with Gasteiger partial charge in [-0.25, -0.2) is 14.4 Å². The van der Waals surface area contributed by atoms with Gasteiger partial charge in [0.15, 0.2) is 11.5 Å². The second kappa shape index (κ2) is 12.6. The topological polar surface area (TPSA) is 88.1 Å². The van der Waals surface area contributed by atoms with E-state index in [1.54, 1.807) is 6.07 Å². The molecule has 0 N–H and O–H groups in total. The van der Waals surface area contributed by atoms with Crippen LogP contribution in [-0.4, -0.2) is 31.6 Å². The van der Waals surface area contributed by atoms with Crippen LogP contribution in [-0.2, 0) is 23.9 Å². The van der Waals surface area contributed by atoms with E-state index < -0.39 is 17.9 Å². The molecule has 0 radical (unpaired) electrons. The highest BCUT2D eigenvalue weighted by Crippen LogP contribution is 2.33. The van der Waals surface area contributed by atoms with Gasteiger partial charge in [-0.1, -0.05) is 31.7 Å². The third-order valence-corrected chi connectivity index (χ3v) is 3.79. The van der Waals surface area contributed by atoms with E-state index in [0.29, 0.717) is 11.1 Å². The van der Waals surface area contributed by atoms with Gasteiger partial charge >= 0.3 is 17.9 Å². The molecule has 1 rings (SSSR count). The molecular weight excluding hydrogens is 424 g/mol. The summed E-state index contributed by atoms with van der Waals surface area (Å²) in [7, 11) is 1.44. The average molecular weight is 450 g/mol. The van der Waals surface area contributed by atoms with E-state index in [4.69, 9.17) is 25.4 Å². The lowest BCUT2D eigenvalue weighted by Crippen LogP contribution is -2.13. The van der Waals surface area contributed by atoms with Crippen LogP contribution in [0.25, 0.3) is 5.57 Å². The fourth-order valence-corrected chi connectivity index (χ4v) is 2.15. The van der Waals surface area contributed by atoms with E-state index in [2.05, 4.69) is 25.7 Å². The van der Waals surface area contributed by atoms with Gasteiger partial charge in [0, 0.05) is 23.8 Å². The first-order valence-corrected chi connectivity index (χ1v) is 9.63. The molecule has 0 amide bonds. The number of ether oxygens (including phenoxy) is 4. The molecule has 33 heavy (non-hydrogen) atoms.